The molecule has 3 heterocycles. The van der Waals surface area contributed by atoms with Crippen LogP contribution in [0.15, 0.2) is 17.8 Å². The number of nitrogens with one attached hydrogen (secondary N) is 1. The van der Waals surface area contributed by atoms with E-state index in [0.717, 1.165) is 28.7 Å². The molecule has 1 aliphatic rings. The van der Waals surface area contributed by atoms with E-state index in [1.165, 1.54) is 18.6 Å². The number of hydrogen-bond donors (Lipinski definition) is 1. The molecule has 1 amide bonds. The van der Waals surface area contributed by atoms with Crippen LogP contribution in [0.4, 0.5) is 0 Å². The second-order valence-electron chi connectivity index (χ2n) is 5.18. The molecule has 0 aromatic carbocycles. The molecule has 1 atom stereocenters. The first kappa shape index (κ1) is 15.2. The zero-order valence-electron chi connectivity index (χ0n) is 11.8. The van der Waals surface area contributed by atoms with E-state index >= 15 is 0 Å². The fourth-order valence-corrected chi connectivity index (χ4v) is 6.11. The molecule has 2 aromatic rings. The Kier molecular flexibility index (Phi) is 5.49. The highest BCUT2D eigenvalue weighted by atomic mass is 33.1. The van der Waals surface area contributed by atoms with Crippen LogP contribution >= 0.6 is 32.9 Å². The summed E-state index contributed by atoms with van der Waals surface area (Å²) in [5.41, 5.74) is 0.926. The van der Waals surface area contributed by atoms with Crippen molar-refractivity contribution in [2.24, 2.45) is 0 Å². The number of carbonyl (C=O) groups is 1. The highest BCUT2D eigenvalue weighted by Gasteiger charge is 2.15. The Balaban J connectivity index is 1.31. The van der Waals surface area contributed by atoms with E-state index in [0.29, 0.717) is 13.0 Å². The lowest BCUT2D eigenvalue weighted by atomic mass is 10.1. The minimum Gasteiger partial charge on any atom is -0.350 e. The van der Waals surface area contributed by atoms with Gasteiger partial charge in [-0.05, 0) is 19.3 Å². The minimum absolute atomic E-state index is 0.139. The van der Waals surface area contributed by atoms with Gasteiger partial charge in [0.2, 0.25) is 5.91 Å². The number of carbonyl (C=O) groups excluding carboxylic acids is 1. The summed E-state index contributed by atoms with van der Waals surface area (Å²) in [6, 6.07) is 0. The lowest BCUT2D eigenvalue weighted by molar-refractivity contribution is -0.121. The molecular weight excluding hydrogens is 322 g/mol. The van der Waals surface area contributed by atoms with Gasteiger partial charge in [-0.25, -0.2) is 4.98 Å². The molecule has 1 fully saturated rings. The summed E-state index contributed by atoms with van der Waals surface area (Å²) in [6.07, 6.45) is 9.32. The molecule has 21 heavy (non-hydrogen) atoms. The fraction of sp³-hybridized carbons (Fsp3) is 0.571. The van der Waals surface area contributed by atoms with Gasteiger partial charge in [-0.3, -0.25) is 9.20 Å². The fourth-order valence-electron chi connectivity index (χ4n) is 2.36. The third kappa shape index (κ3) is 4.40. The van der Waals surface area contributed by atoms with Crippen molar-refractivity contribution in [2.75, 3.05) is 5.75 Å². The van der Waals surface area contributed by atoms with Crippen molar-refractivity contribution < 1.29 is 4.79 Å². The summed E-state index contributed by atoms with van der Waals surface area (Å²) in [5, 5.41) is 5.78. The smallest absolute Gasteiger partial charge is 0.220 e. The summed E-state index contributed by atoms with van der Waals surface area (Å²) < 4.78 is 1.99. The molecule has 1 N–H and O–H groups in total. The van der Waals surface area contributed by atoms with E-state index in [2.05, 4.69) is 10.3 Å². The van der Waals surface area contributed by atoms with E-state index in [-0.39, 0.29) is 5.91 Å². The number of fused-ring (bicyclic) bond motifs is 1. The number of imidazole rings is 1. The van der Waals surface area contributed by atoms with Crippen LogP contribution in [0, 0.1) is 0 Å². The molecule has 4 nitrogen and oxygen atoms in total. The largest absolute Gasteiger partial charge is 0.350 e. The molecule has 0 radical (unpaired) electrons. The number of thiazole rings is 1. The Morgan fingerprint density at radius 2 is 2.43 bits per heavy atom. The van der Waals surface area contributed by atoms with Crippen LogP contribution in [0.5, 0.6) is 0 Å². The lowest BCUT2D eigenvalue weighted by Gasteiger charge is -2.07. The van der Waals surface area contributed by atoms with Gasteiger partial charge >= 0.3 is 0 Å². The standard InChI is InChI=1S/C14H19N3OS3/c18-13(4-2-1-3-12-5-7-20-21-12)15-9-11-10-17-6-8-19-14(17)16-11/h6,8,10,12H,1-5,7,9H2,(H,15,18). The molecule has 7 heteroatoms. The average molecular weight is 342 g/mol. The van der Waals surface area contributed by atoms with Crippen LogP contribution in [0.2, 0.25) is 0 Å². The number of aromatic nitrogens is 2. The molecular formula is C14H19N3OS3. The summed E-state index contributed by atoms with van der Waals surface area (Å²) in [7, 11) is 4.00. The zero-order valence-corrected chi connectivity index (χ0v) is 14.2. The summed E-state index contributed by atoms with van der Waals surface area (Å²) in [4.78, 5) is 17.2. The van der Waals surface area contributed by atoms with Crippen molar-refractivity contribution in [3.8, 4) is 0 Å². The molecule has 114 valence electrons. The average Bonchev–Trinajstić information content (AvgIpc) is 3.17. The number of amides is 1. The molecule has 1 aliphatic heterocycles. The number of hydrogen-bond acceptors (Lipinski definition) is 5. The molecule has 0 spiro atoms. The van der Waals surface area contributed by atoms with Crippen molar-refractivity contribution in [1.29, 1.82) is 0 Å². The van der Waals surface area contributed by atoms with Crippen molar-refractivity contribution in [3.63, 3.8) is 0 Å². The first-order valence-electron chi connectivity index (χ1n) is 7.27. The van der Waals surface area contributed by atoms with Crippen LogP contribution < -0.4 is 5.32 Å². The van der Waals surface area contributed by atoms with Crippen LogP contribution in [0.1, 0.15) is 37.8 Å². The lowest BCUT2D eigenvalue weighted by Crippen LogP contribution is -2.22. The van der Waals surface area contributed by atoms with Gasteiger partial charge in [0.1, 0.15) is 0 Å². The van der Waals surface area contributed by atoms with Crippen LogP contribution in [-0.4, -0.2) is 26.3 Å². The monoisotopic (exact) mass is 341 g/mol. The van der Waals surface area contributed by atoms with Crippen molar-refractivity contribution in [2.45, 2.75) is 43.9 Å². The molecule has 0 saturated carbocycles. The number of rotatable bonds is 7. The van der Waals surface area contributed by atoms with E-state index in [1.807, 2.05) is 43.8 Å². The molecule has 3 rings (SSSR count). The van der Waals surface area contributed by atoms with E-state index in [1.54, 1.807) is 11.3 Å². The summed E-state index contributed by atoms with van der Waals surface area (Å²) in [6.45, 7) is 0.530. The predicted molar refractivity (Wildman–Crippen MR) is 91.8 cm³/mol. The van der Waals surface area contributed by atoms with Crippen LogP contribution in [0.25, 0.3) is 4.96 Å². The second-order valence-corrected chi connectivity index (χ2v) is 8.84. The van der Waals surface area contributed by atoms with E-state index in [9.17, 15) is 4.79 Å². The Morgan fingerprint density at radius 3 is 3.24 bits per heavy atom. The van der Waals surface area contributed by atoms with Gasteiger partial charge in [0.25, 0.3) is 0 Å². The quantitative estimate of drug-likeness (QED) is 0.616. The highest BCUT2D eigenvalue weighted by Crippen LogP contribution is 2.39. The highest BCUT2D eigenvalue weighted by molar-refractivity contribution is 8.77. The maximum atomic E-state index is 11.8. The zero-order chi connectivity index (χ0) is 14.5. The second kappa shape index (κ2) is 7.56. The minimum atomic E-state index is 0.139. The molecule has 1 saturated heterocycles. The number of nitrogens with zero attached hydrogens (tertiary/aromatic N) is 2. The Labute approximate surface area is 136 Å². The van der Waals surface area contributed by atoms with Gasteiger partial charge in [0, 0.05) is 35.2 Å². The van der Waals surface area contributed by atoms with Gasteiger partial charge < -0.3 is 5.32 Å². The van der Waals surface area contributed by atoms with E-state index in [4.69, 9.17) is 0 Å². The maximum absolute atomic E-state index is 11.8. The summed E-state index contributed by atoms with van der Waals surface area (Å²) >= 11 is 1.61. The Bertz CT molecular complexity index is 561. The van der Waals surface area contributed by atoms with Crippen molar-refractivity contribution in [1.82, 2.24) is 14.7 Å². The van der Waals surface area contributed by atoms with Gasteiger partial charge in [-0.2, -0.15) is 0 Å². The molecule has 0 bridgehead atoms. The summed E-state index contributed by atoms with van der Waals surface area (Å²) in [5.74, 6) is 1.43. The van der Waals surface area contributed by atoms with Gasteiger partial charge in [-0.15, -0.1) is 11.3 Å². The molecule has 0 aliphatic carbocycles. The normalized spacial score (nSPS) is 18.4. The Hall–Kier alpha value is -0.660. The van der Waals surface area contributed by atoms with Gasteiger partial charge in [0.05, 0.1) is 12.2 Å². The first-order valence-corrected chi connectivity index (χ1v) is 10.5. The first-order chi connectivity index (χ1) is 10.3. The third-order valence-corrected chi connectivity index (χ3v) is 7.29. The predicted octanol–water partition coefficient (Wildman–Crippen LogP) is 3.73. The van der Waals surface area contributed by atoms with Gasteiger partial charge in [-0.1, -0.05) is 28.0 Å². The third-order valence-electron chi connectivity index (χ3n) is 3.52. The maximum Gasteiger partial charge on any atom is 0.220 e. The topological polar surface area (TPSA) is 46.4 Å². The van der Waals surface area contributed by atoms with Gasteiger partial charge in [0.15, 0.2) is 4.96 Å². The molecule has 2 aromatic heterocycles. The van der Waals surface area contributed by atoms with Crippen LogP contribution in [-0.2, 0) is 11.3 Å². The SMILES string of the molecule is O=C(CCCCC1CCSS1)NCc1cn2ccsc2n1. The van der Waals surface area contributed by atoms with Crippen LogP contribution in [0.3, 0.4) is 0 Å². The van der Waals surface area contributed by atoms with E-state index < -0.39 is 0 Å². The van der Waals surface area contributed by atoms with Crippen molar-refractivity contribution >= 4 is 43.8 Å². The Morgan fingerprint density at radius 1 is 1.48 bits per heavy atom. The van der Waals surface area contributed by atoms with Crippen molar-refractivity contribution in [3.05, 3.63) is 23.5 Å². The number of unbranched alkanes of at least 4 members (excludes halogenated alkanes) is 1. The molecule has 1 unspecified atom stereocenters.